The number of carbonyl (C=O) groups is 2. The molecule has 0 heterocycles. The van der Waals surface area contributed by atoms with Crippen molar-refractivity contribution in [3.63, 3.8) is 0 Å². The summed E-state index contributed by atoms with van der Waals surface area (Å²) in [5.74, 6) is 0.114. The molecule has 0 saturated carbocycles. The smallest absolute Gasteiger partial charge is 0.276 e. The first kappa shape index (κ1) is 18.8. The van der Waals surface area contributed by atoms with Crippen molar-refractivity contribution in [3.05, 3.63) is 57.6 Å². The van der Waals surface area contributed by atoms with Crippen LogP contribution < -0.4 is 20.3 Å². The highest BCUT2D eigenvalue weighted by molar-refractivity contribution is 9.10. The summed E-state index contributed by atoms with van der Waals surface area (Å²) in [7, 11) is 1.47. The Bertz CT molecular complexity index is 772. The summed E-state index contributed by atoms with van der Waals surface area (Å²) in [6.07, 6.45) is 0. The average Bonchev–Trinajstić information content (AvgIpc) is 2.59. The minimum Gasteiger partial charge on any atom is -0.496 e. The summed E-state index contributed by atoms with van der Waals surface area (Å²) >= 11 is 3.30. The van der Waals surface area contributed by atoms with Gasteiger partial charge in [-0.3, -0.25) is 20.4 Å². The molecule has 0 aliphatic carbocycles. The molecule has 2 amide bonds. The maximum atomic E-state index is 12.2. The Morgan fingerprint density at radius 2 is 1.76 bits per heavy atom. The van der Waals surface area contributed by atoms with Crippen LogP contribution in [-0.2, 0) is 4.79 Å². The Morgan fingerprint density at radius 1 is 1.08 bits per heavy atom. The second-order valence-electron chi connectivity index (χ2n) is 5.36. The Morgan fingerprint density at radius 3 is 2.40 bits per heavy atom. The maximum Gasteiger partial charge on any atom is 0.276 e. The van der Waals surface area contributed by atoms with E-state index >= 15 is 0 Å². The van der Waals surface area contributed by atoms with Gasteiger partial charge in [-0.1, -0.05) is 34.1 Å². The summed E-state index contributed by atoms with van der Waals surface area (Å²) < 4.78 is 11.4. The molecule has 2 aromatic carbocycles. The number of amides is 2. The van der Waals surface area contributed by atoms with Gasteiger partial charge in [0.25, 0.3) is 11.8 Å². The van der Waals surface area contributed by atoms with Crippen LogP contribution in [0.25, 0.3) is 0 Å². The molecule has 0 fully saturated rings. The molecular weight excluding hydrogens is 388 g/mol. The molecule has 2 aromatic rings. The molecule has 7 heteroatoms. The lowest BCUT2D eigenvalue weighted by molar-refractivity contribution is -0.123. The molecular formula is C18H19BrN2O4. The molecule has 0 bridgehead atoms. The van der Waals surface area contributed by atoms with Crippen molar-refractivity contribution in [2.75, 3.05) is 13.7 Å². The van der Waals surface area contributed by atoms with Crippen LogP contribution in [0.5, 0.6) is 11.5 Å². The van der Waals surface area contributed by atoms with E-state index in [0.29, 0.717) is 17.1 Å². The number of benzene rings is 2. The second-order valence-corrected chi connectivity index (χ2v) is 6.27. The summed E-state index contributed by atoms with van der Waals surface area (Å²) in [5, 5.41) is 0. The molecule has 0 unspecified atom stereocenters. The molecule has 0 saturated heterocycles. The van der Waals surface area contributed by atoms with Crippen LogP contribution in [0, 0.1) is 13.8 Å². The van der Waals surface area contributed by atoms with E-state index in [1.165, 1.54) is 7.11 Å². The van der Waals surface area contributed by atoms with E-state index in [1.807, 2.05) is 32.0 Å². The summed E-state index contributed by atoms with van der Waals surface area (Å²) in [6, 6.07) is 10.7. The Hall–Kier alpha value is -2.54. The van der Waals surface area contributed by atoms with Crippen molar-refractivity contribution in [1.29, 1.82) is 0 Å². The van der Waals surface area contributed by atoms with Gasteiger partial charge in [0.05, 0.1) is 12.7 Å². The van der Waals surface area contributed by atoms with Crippen molar-refractivity contribution in [1.82, 2.24) is 10.9 Å². The van der Waals surface area contributed by atoms with E-state index in [1.54, 1.807) is 18.2 Å². The topological polar surface area (TPSA) is 76.7 Å². The lowest BCUT2D eigenvalue weighted by atomic mass is 10.1. The fraction of sp³-hybridized carbons (Fsp3) is 0.222. The van der Waals surface area contributed by atoms with Crippen LogP contribution in [0.2, 0.25) is 0 Å². The lowest BCUT2D eigenvalue weighted by Crippen LogP contribution is -2.44. The highest BCUT2D eigenvalue weighted by Crippen LogP contribution is 2.23. The zero-order valence-electron chi connectivity index (χ0n) is 14.2. The van der Waals surface area contributed by atoms with Gasteiger partial charge in [-0.05, 0) is 43.2 Å². The minimum atomic E-state index is -0.487. The molecule has 25 heavy (non-hydrogen) atoms. The minimum absolute atomic E-state index is 0.207. The molecule has 0 radical (unpaired) electrons. The van der Waals surface area contributed by atoms with Crippen LogP contribution in [-0.4, -0.2) is 25.5 Å². The lowest BCUT2D eigenvalue weighted by Gasteiger charge is -2.13. The number of aryl methyl sites for hydroxylation is 2. The van der Waals surface area contributed by atoms with Crippen molar-refractivity contribution in [3.8, 4) is 11.5 Å². The predicted molar refractivity (Wildman–Crippen MR) is 97.7 cm³/mol. The number of hydrogen-bond donors (Lipinski definition) is 2. The fourth-order valence-electron chi connectivity index (χ4n) is 2.25. The number of halogens is 1. The van der Waals surface area contributed by atoms with Gasteiger partial charge in [0, 0.05) is 4.47 Å². The van der Waals surface area contributed by atoms with Gasteiger partial charge in [-0.15, -0.1) is 0 Å². The predicted octanol–water partition coefficient (Wildman–Crippen LogP) is 2.91. The first-order valence-electron chi connectivity index (χ1n) is 7.54. The highest BCUT2D eigenvalue weighted by Gasteiger charge is 2.14. The molecule has 0 atom stereocenters. The van der Waals surface area contributed by atoms with Crippen molar-refractivity contribution in [2.45, 2.75) is 13.8 Å². The van der Waals surface area contributed by atoms with E-state index in [-0.39, 0.29) is 6.61 Å². The highest BCUT2D eigenvalue weighted by atomic mass is 79.9. The monoisotopic (exact) mass is 406 g/mol. The van der Waals surface area contributed by atoms with Crippen LogP contribution in [0.15, 0.2) is 40.9 Å². The molecule has 0 aliphatic heterocycles. The number of rotatable bonds is 5. The van der Waals surface area contributed by atoms with E-state index in [4.69, 9.17) is 9.47 Å². The molecule has 132 valence electrons. The third-order valence-corrected chi connectivity index (χ3v) is 3.97. The number of hydrogen-bond acceptors (Lipinski definition) is 4. The third kappa shape index (κ3) is 4.96. The Kier molecular flexibility index (Phi) is 6.41. The van der Waals surface area contributed by atoms with E-state index in [0.717, 1.165) is 15.6 Å². The summed E-state index contributed by atoms with van der Waals surface area (Å²) in [6.45, 7) is 3.60. The standard InChI is InChI=1S/C18H19BrN2O4/c1-11-5-4-6-12(2)17(11)25-10-16(22)20-21-18(23)14-9-13(19)7-8-15(14)24-3/h4-9H,10H2,1-3H3,(H,20,22)(H,21,23). The number of methoxy groups -OCH3 is 1. The Balaban J connectivity index is 1.92. The molecule has 0 spiro atoms. The van der Waals surface area contributed by atoms with Crippen molar-refractivity contribution in [2.24, 2.45) is 0 Å². The zero-order chi connectivity index (χ0) is 18.4. The number of hydrazine groups is 1. The first-order chi connectivity index (χ1) is 11.9. The zero-order valence-corrected chi connectivity index (χ0v) is 15.8. The summed E-state index contributed by atoms with van der Waals surface area (Å²) in [4.78, 5) is 24.1. The van der Waals surface area contributed by atoms with E-state index in [2.05, 4.69) is 26.8 Å². The van der Waals surface area contributed by atoms with Gasteiger partial charge >= 0.3 is 0 Å². The fourth-order valence-corrected chi connectivity index (χ4v) is 2.61. The van der Waals surface area contributed by atoms with Gasteiger partial charge < -0.3 is 9.47 Å². The number of nitrogens with one attached hydrogen (secondary N) is 2. The van der Waals surface area contributed by atoms with Crippen LogP contribution in [0.3, 0.4) is 0 Å². The Labute approximate surface area is 154 Å². The quantitative estimate of drug-likeness (QED) is 0.748. The van der Waals surface area contributed by atoms with Gasteiger partial charge in [0.2, 0.25) is 0 Å². The molecule has 0 aromatic heterocycles. The summed E-state index contributed by atoms with van der Waals surface area (Å²) in [5.41, 5.74) is 6.85. The van der Waals surface area contributed by atoms with Crippen LogP contribution in [0.4, 0.5) is 0 Å². The maximum absolute atomic E-state index is 12.2. The van der Waals surface area contributed by atoms with Crippen LogP contribution >= 0.6 is 15.9 Å². The number of carbonyl (C=O) groups excluding carboxylic acids is 2. The largest absolute Gasteiger partial charge is 0.496 e. The molecule has 0 aliphatic rings. The van der Waals surface area contributed by atoms with Gasteiger partial charge in [0.1, 0.15) is 11.5 Å². The van der Waals surface area contributed by atoms with Gasteiger partial charge in [-0.2, -0.15) is 0 Å². The van der Waals surface area contributed by atoms with E-state index < -0.39 is 11.8 Å². The van der Waals surface area contributed by atoms with Crippen LogP contribution in [0.1, 0.15) is 21.5 Å². The normalized spacial score (nSPS) is 10.1. The molecule has 2 N–H and O–H groups in total. The van der Waals surface area contributed by atoms with Crippen molar-refractivity contribution < 1.29 is 19.1 Å². The first-order valence-corrected chi connectivity index (χ1v) is 8.33. The van der Waals surface area contributed by atoms with Gasteiger partial charge in [0.15, 0.2) is 6.61 Å². The van der Waals surface area contributed by atoms with Crippen molar-refractivity contribution >= 4 is 27.7 Å². The second kappa shape index (κ2) is 8.53. The third-order valence-electron chi connectivity index (χ3n) is 3.48. The number of para-hydroxylation sites is 1. The molecule has 6 nitrogen and oxygen atoms in total. The molecule has 2 rings (SSSR count). The van der Waals surface area contributed by atoms with Gasteiger partial charge in [-0.25, -0.2) is 0 Å². The number of ether oxygens (including phenoxy) is 2. The average molecular weight is 407 g/mol. The van der Waals surface area contributed by atoms with E-state index in [9.17, 15) is 9.59 Å². The SMILES string of the molecule is COc1ccc(Br)cc1C(=O)NNC(=O)COc1c(C)cccc1C.